The van der Waals surface area contributed by atoms with Gasteiger partial charge in [-0.25, -0.2) is 0 Å². The molecule has 0 aromatic heterocycles. The van der Waals surface area contributed by atoms with E-state index in [0.29, 0.717) is 4.90 Å². The van der Waals surface area contributed by atoms with E-state index in [1.807, 2.05) is 0 Å². The van der Waals surface area contributed by atoms with Crippen LogP contribution in [0.15, 0.2) is 47.4 Å². The highest BCUT2D eigenvalue weighted by Crippen LogP contribution is 2.30. The monoisotopic (exact) mass is 360 g/mol. The van der Waals surface area contributed by atoms with Crippen molar-refractivity contribution in [1.82, 2.24) is 5.32 Å². The molecule has 0 bridgehead atoms. The summed E-state index contributed by atoms with van der Waals surface area (Å²) in [7, 11) is 0. The number of carbonyl (C=O) groups is 3. The van der Waals surface area contributed by atoms with Gasteiger partial charge in [-0.05, 0) is 42.1 Å². The second-order valence-corrected chi connectivity index (χ2v) is 6.08. The molecule has 0 aliphatic rings. The average Bonchev–Trinajstić information content (AvgIpc) is 2.57. The van der Waals surface area contributed by atoms with E-state index in [1.165, 1.54) is 12.1 Å². The first-order valence-electron chi connectivity index (χ1n) is 7.28. The lowest BCUT2D eigenvalue weighted by Gasteiger charge is -2.09. The minimum absolute atomic E-state index is 0.0206. The maximum Gasteiger partial charge on any atom is 0.252 e. The molecule has 0 atom stereocenters. The number of phenolic OH excluding ortho intramolecular Hbond substituents is 2. The minimum atomic E-state index is -0.523. The van der Waals surface area contributed by atoms with E-state index in [-0.39, 0.29) is 29.8 Å². The van der Waals surface area contributed by atoms with E-state index in [4.69, 9.17) is 5.73 Å². The number of amides is 2. The van der Waals surface area contributed by atoms with Crippen molar-refractivity contribution in [1.29, 1.82) is 0 Å². The molecular formula is C17H16N2O5S. The average molecular weight is 360 g/mol. The summed E-state index contributed by atoms with van der Waals surface area (Å²) in [5, 5.41) is 21.0. The van der Waals surface area contributed by atoms with Gasteiger partial charge in [0.2, 0.25) is 11.0 Å². The Hall–Kier alpha value is -3.00. The van der Waals surface area contributed by atoms with Crippen LogP contribution in [-0.2, 0) is 4.79 Å². The molecule has 8 heteroatoms. The van der Waals surface area contributed by atoms with Crippen molar-refractivity contribution in [3.05, 3.63) is 53.6 Å². The lowest BCUT2D eigenvalue weighted by atomic mass is 10.2. The fourth-order valence-electron chi connectivity index (χ4n) is 1.95. The standard InChI is InChI=1S/C17H16N2O5S/c18-15(22)7-8-19-16(23)11-3-1-2-4-14(11)25-17(24)10-5-6-12(20)13(21)9-10/h1-6,9,20-21H,7-8H2,(H2,18,22)(H,19,23). The normalized spacial score (nSPS) is 10.2. The van der Waals surface area contributed by atoms with Crippen LogP contribution >= 0.6 is 11.8 Å². The van der Waals surface area contributed by atoms with E-state index in [9.17, 15) is 24.6 Å². The van der Waals surface area contributed by atoms with Crippen LogP contribution in [-0.4, -0.2) is 33.7 Å². The SMILES string of the molecule is NC(=O)CCNC(=O)c1ccccc1SC(=O)c1ccc(O)c(O)c1. The van der Waals surface area contributed by atoms with Crippen molar-refractivity contribution in [2.75, 3.05) is 6.54 Å². The molecular weight excluding hydrogens is 344 g/mol. The fourth-order valence-corrected chi connectivity index (χ4v) is 2.81. The number of phenols is 2. The van der Waals surface area contributed by atoms with Crippen LogP contribution in [0, 0.1) is 0 Å². The molecule has 0 aliphatic carbocycles. The van der Waals surface area contributed by atoms with Crippen LogP contribution in [0.3, 0.4) is 0 Å². The number of aromatic hydroxyl groups is 2. The molecule has 0 spiro atoms. The molecule has 2 rings (SSSR count). The quantitative estimate of drug-likeness (QED) is 0.458. The van der Waals surface area contributed by atoms with Gasteiger partial charge in [0.25, 0.3) is 5.91 Å². The van der Waals surface area contributed by atoms with Gasteiger partial charge in [-0.15, -0.1) is 0 Å². The predicted octanol–water partition coefficient (Wildman–Crippen LogP) is 1.64. The summed E-state index contributed by atoms with van der Waals surface area (Å²) in [6.45, 7) is 0.104. The van der Waals surface area contributed by atoms with Gasteiger partial charge < -0.3 is 21.3 Å². The van der Waals surface area contributed by atoms with Gasteiger partial charge in [0, 0.05) is 23.4 Å². The zero-order chi connectivity index (χ0) is 18.4. The van der Waals surface area contributed by atoms with Crippen LogP contribution in [0.4, 0.5) is 0 Å². The van der Waals surface area contributed by atoms with Gasteiger partial charge >= 0.3 is 0 Å². The summed E-state index contributed by atoms with van der Waals surface area (Å²) in [4.78, 5) is 35.7. The van der Waals surface area contributed by atoms with Gasteiger partial charge in [-0.2, -0.15) is 0 Å². The molecule has 0 aliphatic heterocycles. The third-order valence-electron chi connectivity index (χ3n) is 3.20. The van der Waals surface area contributed by atoms with E-state index >= 15 is 0 Å². The van der Waals surface area contributed by atoms with E-state index < -0.39 is 22.7 Å². The highest BCUT2D eigenvalue weighted by molar-refractivity contribution is 8.14. The Kier molecular flexibility index (Phi) is 6.02. The number of carbonyl (C=O) groups excluding carboxylic acids is 3. The van der Waals surface area contributed by atoms with Gasteiger partial charge in [0.05, 0.1) is 5.56 Å². The predicted molar refractivity (Wildman–Crippen MR) is 92.5 cm³/mol. The van der Waals surface area contributed by atoms with Gasteiger partial charge in [-0.1, -0.05) is 12.1 Å². The van der Waals surface area contributed by atoms with Gasteiger partial charge in [0.15, 0.2) is 11.5 Å². The third-order valence-corrected chi connectivity index (χ3v) is 4.20. The lowest BCUT2D eigenvalue weighted by Crippen LogP contribution is -2.28. The van der Waals surface area contributed by atoms with E-state index in [1.54, 1.807) is 24.3 Å². The van der Waals surface area contributed by atoms with Crippen molar-refractivity contribution >= 4 is 28.7 Å². The topological polar surface area (TPSA) is 130 Å². The maximum atomic E-state index is 12.3. The number of hydrogen-bond acceptors (Lipinski definition) is 6. The maximum absolute atomic E-state index is 12.3. The Bertz CT molecular complexity index is 822. The molecule has 7 nitrogen and oxygen atoms in total. The van der Waals surface area contributed by atoms with E-state index in [0.717, 1.165) is 17.8 Å². The molecule has 130 valence electrons. The Morgan fingerprint density at radius 2 is 1.76 bits per heavy atom. The summed E-state index contributed by atoms with van der Waals surface area (Å²) < 4.78 is 0. The zero-order valence-corrected chi connectivity index (χ0v) is 13.9. The number of primary amides is 1. The summed E-state index contributed by atoms with van der Waals surface area (Å²) in [6, 6.07) is 10.3. The molecule has 0 unspecified atom stereocenters. The minimum Gasteiger partial charge on any atom is -0.504 e. The third kappa shape index (κ3) is 4.98. The van der Waals surface area contributed by atoms with Crippen molar-refractivity contribution in [3.63, 3.8) is 0 Å². The second kappa shape index (κ2) is 8.20. The van der Waals surface area contributed by atoms with Crippen molar-refractivity contribution in [2.45, 2.75) is 11.3 Å². The Morgan fingerprint density at radius 3 is 2.44 bits per heavy atom. The molecule has 5 N–H and O–H groups in total. The van der Waals surface area contributed by atoms with Crippen molar-refractivity contribution < 1.29 is 24.6 Å². The Labute approximate surface area is 147 Å². The highest BCUT2D eigenvalue weighted by atomic mass is 32.2. The van der Waals surface area contributed by atoms with Crippen LogP contribution in [0.5, 0.6) is 11.5 Å². The molecule has 2 amide bonds. The molecule has 2 aromatic carbocycles. The number of hydrogen-bond donors (Lipinski definition) is 4. The number of nitrogens with one attached hydrogen (secondary N) is 1. The second-order valence-electron chi connectivity index (χ2n) is 5.06. The number of thioether (sulfide) groups is 1. The number of rotatable bonds is 6. The van der Waals surface area contributed by atoms with Crippen molar-refractivity contribution in [2.24, 2.45) is 5.73 Å². The lowest BCUT2D eigenvalue weighted by molar-refractivity contribution is -0.117. The summed E-state index contributed by atoms with van der Waals surface area (Å²) >= 11 is 0.822. The smallest absolute Gasteiger partial charge is 0.252 e. The Balaban J connectivity index is 2.14. The molecule has 25 heavy (non-hydrogen) atoms. The summed E-state index contributed by atoms with van der Waals surface area (Å²) in [5.74, 6) is -1.67. The highest BCUT2D eigenvalue weighted by Gasteiger charge is 2.16. The molecule has 0 saturated heterocycles. The zero-order valence-electron chi connectivity index (χ0n) is 13.1. The number of benzene rings is 2. The summed E-state index contributed by atoms with van der Waals surface area (Å²) in [5.41, 5.74) is 5.49. The van der Waals surface area contributed by atoms with Crippen molar-refractivity contribution in [3.8, 4) is 11.5 Å². The Morgan fingerprint density at radius 1 is 1.04 bits per heavy atom. The molecule has 0 heterocycles. The van der Waals surface area contributed by atoms with Crippen LogP contribution in [0.2, 0.25) is 0 Å². The largest absolute Gasteiger partial charge is 0.504 e. The summed E-state index contributed by atoms with van der Waals surface area (Å²) in [6.07, 6.45) is 0.0206. The molecule has 0 radical (unpaired) electrons. The molecule has 0 saturated carbocycles. The molecule has 2 aromatic rings. The van der Waals surface area contributed by atoms with Crippen LogP contribution in [0.25, 0.3) is 0 Å². The van der Waals surface area contributed by atoms with E-state index in [2.05, 4.69) is 5.32 Å². The number of nitrogens with two attached hydrogens (primary N) is 1. The first-order valence-corrected chi connectivity index (χ1v) is 8.10. The van der Waals surface area contributed by atoms with Crippen LogP contribution in [0.1, 0.15) is 27.1 Å². The van der Waals surface area contributed by atoms with Crippen LogP contribution < -0.4 is 11.1 Å². The van der Waals surface area contributed by atoms with Gasteiger partial charge in [-0.3, -0.25) is 14.4 Å². The van der Waals surface area contributed by atoms with Gasteiger partial charge in [0.1, 0.15) is 0 Å². The first-order chi connectivity index (χ1) is 11.9. The molecule has 0 fully saturated rings. The first kappa shape index (κ1) is 18.3. The fraction of sp³-hybridized carbons (Fsp3) is 0.118.